The lowest BCUT2D eigenvalue weighted by Gasteiger charge is -2.47. The number of fused-ring (bicyclic) bond motifs is 1. The number of sulfonamides is 1. The highest BCUT2D eigenvalue weighted by Crippen LogP contribution is 2.42. The van der Waals surface area contributed by atoms with Crippen LogP contribution in [0.5, 0.6) is 0 Å². The third-order valence-corrected chi connectivity index (χ3v) is 12.0. The van der Waals surface area contributed by atoms with Crippen molar-refractivity contribution in [2.45, 2.75) is 44.0 Å². The van der Waals surface area contributed by atoms with Crippen molar-refractivity contribution in [3.63, 3.8) is 0 Å². The van der Waals surface area contributed by atoms with Crippen molar-refractivity contribution in [1.82, 2.24) is 24.2 Å². The van der Waals surface area contributed by atoms with Crippen LogP contribution in [-0.4, -0.2) is 71.7 Å². The van der Waals surface area contributed by atoms with Gasteiger partial charge in [0.15, 0.2) is 0 Å². The van der Waals surface area contributed by atoms with Crippen LogP contribution in [0.3, 0.4) is 0 Å². The molecular formula is C31H34Cl2N6O3S. The van der Waals surface area contributed by atoms with Gasteiger partial charge >= 0.3 is 0 Å². The maximum absolute atomic E-state index is 13.7. The van der Waals surface area contributed by atoms with Crippen LogP contribution in [0.2, 0.25) is 10.0 Å². The van der Waals surface area contributed by atoms with Gasteiger partial charge in [-0.25, -0.2) is 13.4 Å². The van der Waals surface area contributed by atoms with E-state index in [4.69, 9.17) is 23.2 Å². The molecule has 226 valence electrons. The average Bonchev–Trinajstić information content (AvgIpc) is 3.43. The first-order valence-corrected chi connectivity index (χ1v) is 16.6. The number of aryl methyl sites for hydroxylation is 1. The van der Waals surface area contributed by atoms with Crippen molar-refractivity contribution in [3.8, 4) is 0 Å². The summed E-state index contributed by atoms with van der Waals surface area (Å²) in [6.07, 6.45) is 7.88. The van der Waals surface area contributed by atoms with Gasteiger partial charge in [-0.1, -0.05) is 35.3 Å². The van der Waals surface area contributed by atoms with Gasteiger partial charge < -0.3 is 14.8 Å². The number of pyridine rings is 1. The fraction of sp³-hybridized carbons (Fsp3) is 0.387. The zero-order valence-corrected chi connectivity index (χ0v) is 26.5. The molecule has 2 saturated heterocycles. The Morgan fingerprint density at radius 1 is 1.00 bits per heavy atom. The normalized spacial score (nSPS) is 17.2. The fourth-order valence-corrected chi connectivity index (χ4v) is 8.56. The van der Waals surface area contributed by atoms with Crippen molar-refractivity contribution < 1.29 is 13.2 Å². The molecule has 1 N–H and O–H groups in total. The number of hydrogen-bond donors (Lipinski definition) is 1. The number of para-hydroxylation sites is 1. The highest BCUT2D eigenvalue weighted by molar-refractivity contribution is 7.89. The van der Waals surface area contributed by atoms with Crippen LogP contribution in [0.15, 0.2) is 59.8 Å². The van der Waals surface area contributed by atoms with E-state index in [-0.39, 0.29) is 32.8 Å². The first kappa shape index (κ1) is 29.9. The van der Waals surface area contributed by atoms with Crippen molar-refractivity contribution in [3.05, 3.63) is 81.9 Å². The zero-order valence-electron chi connectivity index (χ0n) is 24.2. The van der Waals surface area contributed by atoms with Crippen molar-refractivity contribution in [2.75, 3.05) is 38.1 Å². The molecule has 0 saturated carbocycles. The number of hydrogen-bond acceptors (Lipinski definition) is 6. The van der Waals surface area contributed by atoms with Crippen molar-refractivity contribution in [2.24, 2.45) is 5.41 Å². The summed E-state index contributed by atoms with van der Waals surface area (Å²) in [6.45, 7) is 5.13. The molecule has 2 aromatic heterocycles. The number of likely N-dealkylation sites (tertiary alicyclic amines) is 1. The van der Waals surface area contributed by atoms with Gasteiger partial charge in [-0.2, -0.15) is 4.31 Å². The Bertz CT molecular complexity index is 1760. The van der Waals surface area contributed by atoms with E-state index in [1.54, 1.807) is 19.1 Å². The number of benzene rings is 2. The van der Waals surface area contributed by atoms with Gasteiger partial charge in [-0.15, -0.1) is 0 Å². The summed E-state index contributed by atoms with van der Waals surface area (Å²) >= 11 is 12.6. The maximum Gasteiger partial charge on any atom is 0.256 e. The summed E-state index contributed by atoms with van der Waals surface area (Å²) in [5, 5.41) is 0.155. The second-order valence-corrected chi connectivity index (χ2v) is 14.4. The molecule has 0 bridgehead atoms. The van der Waals surface area contributed by atoms with Crippen LogP contribution in [0, 0.1) is 12.3 Å². The molecule has 9 nitrogen and oxygen atoms in total. The molecule has 1 spiro atoms. The Labute approximate surface area is 261 Å². The molecule has 1 amide bonds. The number of H-pyrrole nitrogens is 1. The lowest BCUT2D eigenvalue weighted by Crippen LogP contribution is -2.48. The molecule has 2 fully saturated rings. The second-order valence-electron chi connectivity index (χ2n) is 11.6. The van der Waals surface area contributed by atoms with Crippen LogP contribution >= 0.6 is 23.2 Å². The molecule has 43 heavy (non-hydrogen) atoms. The quantitative estimate of drug-likeness (QED) is 0.281. The SMILES string of the molecule is Cc1ccc(Cl)c(S(=O)(=O)N(C)Cc2nc3cccc(C(=O)N4CCC5(CC4)CCN(c4ccncc4)CC5)c3[nH]2)c1Cl. The number of anilines is 1. The number of rotatable bonds is 6. The smallest absolute Gasteiger partial charge is 0.256 e. The van der Waals surface area contributed by atoms with Crippen LogP contribution in [0.4, 0.5) is 5.69 Å². The molecule has 0 unspecified atom stereocenters. The third-order valence-electron chi connectivity index (χ3n) is 9.04. The molecule has 12 heteroatoms. The van der Waals surface area contributed by atoms with Gasteiger partial charge in [-0.05, 0) is 73.9 Å². The minimum absolute atomic E-state index is 0.0378. The summed E-state index contributed by atoms with van der Waals surface area (Å²) in [5.74, 6) is 0.379. The minimum atomic E-state index is -4.01. The predicted octanol–water partition coefficient (Wildman–Crippen LogP) is 5.92. The first-order valence-electron chi connectivity index (χ1n) is 14.4. The van der Waals surface area contributed by atoms with E-state index < -0.39 is 10.0 Å². The molecule has 0 atom stereocenters. The van der Waals surface area contributed by atoms with Crippen LogP contribution in [-0.2, 0) is 16.6 Å². The summed E-state index contributed by atoms with van der Waals surface area (Å²) in [6, 6.07) is 12.8. The summed E-state index contributed by atoms with van der Waals surface area (Å²) in [7, 11) is -2.55. The molecular weight excluding hydrogens is 607 g/mol. The topological polar surface area (TPSA) is 102 Å². The number of amides is 1. The molecule has 0 aliphatic carbocycles. The van der Waals surface area contributed by atoms with Gasteiger partial charge in [0.25, 0.3) is 5.91 Å². The highest BCUT2D eigenvalue weighted by atomic mass is 35.5. The number of nitrogens with zero attached hydrogens (tertiary/aromatic N) is 5. The van der Waals surface area contributed by atoms with Gasteiger partial charge in [-0.3, -0.25) is 9.78 Å². The molecule has 4 heterocycles. The third kappa shape index (κ3) is 5.73. The Kier molecular flexibility index (Phi) is 8.14. The molecule has 2 aromatic carbocycles. The summed E-state index contributed by atoms with van der Waals surface area (Å²) in [5.41, 5.74) is 3.85. The summed E-state index contributed by atoms with van der Waals surface area (Å²) in [4.78, 5) is 29.9. The van der Waals surface area contributed by atoms with Gasteiger partial charge in [0.2, 0.25) is 10.0 Å². The number of halogens is 2. The van der Waals surface area contributed by atoms with Gasteiger partial charge in [0.1, 0.15) is 10.7 Å². The van der Waals surface area contributed by atoms with E-state index in [9.17, 15) is 13.2 Å². The van der Waals surface area contributed by atoms with Crippen LogP contribution < -0.4 is 4.90 Å². The van der Waals surface area contributed by atoms with Crippen molar-refractivity contribution in [1.29, 1.82) is 0 Å². The van der Waals surface area contributed by atoms with Gasteiger partial charge in [0, 0.05) is 51.3 Å². The van der Waals surface area contributed by atoms with E-state index in [0.29, 0.717) is 41.1 Å². The molecule has 6 rings (SSSR count). The van der Waals surface area contributed by atoms with E-state index >= 15 is 0 Å². The minimum Gasteiger partial charge on any atom is -0.371 e. The summed E-state index contributed by atoms with van der Waals surface area (Å²) < 4.78 is 27.9. The number of carbonyl (C=O) groups excluding carboxylic acids is 1. The fourth-order valence-electron chi connectivity index (χ4n) is 6.30. The first-order chi connectivity index (χ1) is 20.6. The van der Waals surface area contributed by atoms with Crippen LogP contribution in [0.1, 0.15) is 47.4 Å². The Morgan fingerprint density at radius 3 is 2.37 bits per heavy atom. The van der Waals surface area contributed by atoms with E-state index in [1.807, 2.05) is 29.4 Å². The largest absolute Gasteiger partial charge is 0.371 e. The number of piperidine rings is 2. The highest BCUT2D eigenvalue weighted by Gasteiger charge is 2.39. The standard InChI is InChI=1S/C31H34Cl2N6O3S/c1-21-6-7-24(32)29(27(21)33)43(41,42)37(2)20-26-35-25-5-3-4-23(28(25)36-26)30(40)39-18-12-31(13-19-39)10-16-38(17-11-31)22-8-14-34-15-9-22/h3-9,14-15H,10-13,16-20H2,1-2H3,(H,35,36). The number of aromatic nitrogens is 3. The Morgan fingerprint density at radius 2 is 1.67 bits per heavy atom. The average molecular weight is 642 g/mol. The van der Waals surface area contributed by atoms with E-state index in [1.165, 1.54) is 18.8 Å². The zero-order chi connectivity index (χ0) is 30.4. The molecule has 2 aliphatic rings. The number of nitrogens with one attached hydrogen (secondary N) is 1. The lowest BCUT2D eigenvalue weighted by atomic mass is 9.71. The molecule has 0 radical (unpaired) electrons. The van der Waals surface area contributed by atoms with Crippen LogP contribution in [0.25, 0.3) is 11.0 Å². The predicted molar refractivity (Wildman–Crippen MR) is 169 cm³/mol. The number of carbonyl (C=O) groups is 1. The van der Waals surface area contributed by atoms with E-state index in [2.05, 4.69) is 32.0 Å². The number of imidazole rings is 1. The monoisotopic (exact) mass is 640 g/mol. The lowest BCUT2D eigenvalue weighted by molar-refractivity contribution is 0.0516. The van der Waals surface area contributed by atoms with Crippen molar-refractivity contribution >= 4 is 55.9 Å². The number of aromatic amines is 1. The maximum atomic E-state index is 13.7. The molecule has 4 aromatic rings. The Balaban J connectivity index is 1.14. The van der Waals surface area contributed by atoms with E-state index in [0.717, 1.165) is 43.1 Å². The Hall–Kier alpha value is -3.18. The van der Waals surface area contributed by atoms with Gasteiger partial charge in [0.05, 0.1) is 33.2 Å². The second kappa shape index (κ2) is 11.7. The molecule has 2 aliphatic heterocycles.